The second-order valence-corrected chi connectivity index (χ2v) is 6.51. The van der Waals surface area contributed by atoms with E-state index in [-0.39, 0.29) is 10.0 Å². The zero-order valence-electron chi connectivity index (χ0n) is 12.1. The number of halogens is 3. The summed E-state index contributed by atoms with van der Waals surface area (Å²) in [6.45, 7) is 8.35. The molecule has 0 aromatic heterocycles. The van der Waals surface area contributed by atoms with E-state index in [0.29, 0.717) is 18.0 Å². The molecule has 1 saturated heterocycles. The Hall–Kier alpha value is -0.510. The van der Waals surface area contributed by atoms with Crippen LogP contribution >= 0.6 is 23.2 Å². The molecule has 20 heavy (non-hydrogen) atoms. The molecule has 2 unspecified atom stereocenters. The molecule has 0 saturated carbocycles. The summed E-state index contributed by atoms with van der Waals surface area (Å²) in [6, 6.07) is 4.15. The van der Waals surface area contributed by atoms with Gasteiger partial charge < -0.3 is 10.2 Å². The van der Waals surface area contributed by atoms with Crippen molar-refractivity contribution in [3.05, 3.63) is 28.0 Å². The third kappa shape index (κ3) is 3.21. The van der Waals surface area contributed by atoms with E-state index in [9.17, 15) is 4.39 Å². The molecule has 2 nitrogen and oxygen atoms in total. The molecule has 1 fully saturated rings. The van der Waals surface area contributed by atoms with Gasteiger partial charge in [-0.25, -0.2) is 4.39 Å². The minimum absolute atomic E-state index is 0.0848. The number of nitrogens with one attached hydrogen (secondary N) is 1. The fraction of sp³-hybridized carbons (Fsp3) is 0.600. The van der Waals surface area contributed by atoms with Crippen molar-refractivity contribution in [2.24, 2.45) is 5.92 Å². The van der Waals surface area contributed by atoms with E-state index in [1.165, 1.54) is 0 Å². The smallest absolute Gasteiger partial charge is 0.160 e. The van der Waals surface area contributed by atoms with Crippen molar-refractivity contribution in [3.63, 3.8) is 0 Å². The number of piperazine rings is 1. The molecule has 0 bridgehead atoms. The topological polar surface area (TPSA) is 15.3 Å². The first kappa shape index (κ1) is 15.9. The predicted molar refractivity (Wildman–Crippen MR) is 84.5 cm³/mol. The molecule has 1 aliphatic heterocycles. The summed E-state index contributed by atoms with van der Waals surface area (Å²) in [4.78, 5) is 2.30. The molecule has 112 valence electrons. The maximum absolute atomic E-state index is 13.6. The van der Waals surface area contributed by atoms with E-state index >= 15 is 0 Å². The van der Waals surface area contributed by atoms with Crippen molar-refractivity contribution in [1.82, 2.24) is 5.32 Å². The van der Waals surface area contributed by atoms with Crippen molar-refractivity contribution in [2.45, 2.75) is 39.3 Å². The van der Waals surface area contributed by atoms with Crippen LogP contribution in [-0.2, 0) is 0 Å². The van der Waals surface area contributed by atoms with E-state index in [1.807, 2.05) is 0 Å². The molecule has 0 spiro atoms. The SMILES string of the molecule is CCC1CN(c2cc(Cl)c(F)c(Cl)c2)C(C(C)C)CN1. The summed E-state index contributed by atoms with van der Waals surface area (Å²) in [6.07, 6.45) is 1.06. The first-order valence-electron chi connectivity index (χ1n) is 7.08. The van der Waals surface area contributed by atoms with Gasteiger partial charge >= 0.3 is 0 Å². The van der Waals surface area contributed by atoms with Gasteiger partial charge in [-0.2, -0.15) is 0 Å². The van der Waals surface area contributed by atoms with Gasteiger partial charge in [0.1, 0.15) is 0 Å². The molecule has 2 atom stereocenters. The van der Waals surface area contributed by atoms with Gasteiger partial charge in [0, 0.05) is 30.9 Å². The number of hydrogen-bond donors (Lipinski definition) is 1. The molecule has 2 rings (SSSR count). The van der Waals surface area contributed by atoms with Crippen LogP contribution < -0.4 is 10.2 Å². The Morgan fingerprint density at radius 1 is 1.35 bits per heavy atom. The summed E-state index contributed by atoms with van der Waals surface area (Å²) < 4.78 is 13.6. The van der Waals surface area contributed by atoms with Gasteiger partial charge in [-0.1, -0.05) is 44.0 Å². The Bertz CT molecular complexity index is 456. The van der Waals surface area contributed by atoms with Crippen LogP contribution in [-0.4, -0.2) is 25.2 Å². The average Bonchev–Trinajstić information content (AvgIpc) is 2.43. The van der Waals surface area contributed by atoms with Crippen LogP contribution in [0.1, 0.15) is 27.2 Å². The summed E-state index contributed by atoms with van der Waals surface area (Å²) in [5, 5.41) is 3.73. The van der Waals surface area contributed by atoms with Gasteiger partial charge in [-0.15, -0.1) is 0 Å². The van der Waals surface area contributed by atoms with Crippen molar-refractivity contribution in [1.29, 1.82) is 0 Å². The van der Waals surface area contributed by atoms with Gasteiger partial charge in [0.25, 0.3) is 0 Å². The van der Waals surface area contributed by atoms with E-state index in [2.05, 4.69) is 31.0 Å². The van der Waals surface area contributed by atoms with Gasteiger partial charge in [0.15, 0.2) is 5.82 Å². The molecule has 0 amide bonds. The maximum atomic E-state index is 13.6. The van der Waals surface area contributed by atoms with Gasteiger partial charge in [-0.3, -0.25) is 0 Å². The van der Waals surface area contributed by atoms with Crippen molar-refractivity contribution >= 4 is 28.9 Å². The van der Waals surface area contributed by atoms with Crippen LogP contribution in [0.15, 0.2) is 12.1 Å². The zero-order valence-corrected chi connectivity index (χ0v) is 13.6. The lowest BCUT2D eigenvalue weighted by atomic mass is 9.97. The summed E-state index contributed by atoms with van der Waals surface area (Å²) in [7, 11) is 0. The number of anilines is 1. The highest BCUT2D eigenvalue weighted by Crippen LogP contribution is 2.32. The Morgan fingerprint density at radius 2 is 1.95 bits per heavy atom. The van der Waals surface area contributed by atoms with Gasteiger partial charge in [0.2, 0.25) is 0 Å². The van der Waals surface area contributed by atoms with Crippen LogP contribution in [0.5, 0.6) is 0 Å². The minimum Gasteiger partial charge on any atom is -0.365 e. The summed E-state index contributed by atoms with van der Waals surface area (Å²) in [5.74, 6) is -0.0525. The molecule has 1 heterocycles. The standard InChI is InChI=1S/C15H21Cl2FN2/c1-4-10-8-20(14(7-19-10)9(2)3)11-5-12(16)15(18)13(17)6-11/h5-6,9-10,14,19H,4,7-8H2,1-3H3. The lowest BCUT2D eigenvalue weighted by molar-refractivity contribution is 0.333. The van der Waals surface area contributed by atoms with Crippen LogP contribution in [0.2, 0.25) is 10.0 Å². The van der Waals surface area contributed by atoms with Crippen LogP contribution in [0, 0.1) is 11.7 Å². The summed E-state index contributed by atoms with van der Waals surface area (Å²) >= 11 is 11.9. The van der Waals surface area contributed by atoms with E-state index < -0.39 is 5.82 Å². The van der Waals surface area contributed by atoms with Crippen LogP contribution in [0.4, 0.5) is 10.1 Å². The molecule has 1 aliphatic rings. The summed E-state index contributed by atoms with van der Waals surface area (Å²) in [5.41, 5.74) is 0.903. The van der Waals surface area contributed by atoms with Gasteiger partial charge in [-0.05, 0) is 24.5 Å². The Morgan fingerprint density at radius 3 is 2.45 bits per heavy atom. The predicted octanol–water partition coefficient (Wildman–Crippen LogP) is 4.35. The third-order valence-corrected chi connectivity index (χ3v) is 4.55. The lowest BCUT2D eigenvalue weighted by Gasteiger charge is -2.44. The molecular weight excluding hydrogens is 298 g/mol. The number of rotatable bonds is 3. The number of benzene rings is 1. The largest absolute Gasteiger partial charge is 0.365 e. The monoisotopic (exact) mass is 318 g/mol. The highest BCUT2D eigenvalue weighted by molar-refractivity contribution is 6.35. The van der Waals surface area contributed by atoms with Gasteiger partial charge in [0.05, 0.1) is 10.0 Å². The zero-order chi connectivity index (χ0) is 14.9. The first-order valence-corrected chi connectivity index (χ1v) is 7.84. The van der Waals surface area contributed by atoms with Crippen molar-refractivity contribution in [2.75, 3.05) is 18.0 Å². The second kappa shape index (κ2) is 6.50. The second-order valence-electron chi connectivity index (χ2n) is 5.70. The Balaban J connectivity index is 2.35. The molecule has 5 heteroatoms. The van der Waals surface area contributed by atoms with E-state index in [0.717, 1.165) is 25.2 Å². The highest BCUT2D eigenvalue weighted by Gasteiger charge is 2.30. The fourth-order valence-corrected chi connectivity index (χ4v) is 3.18. The van der Waals surface area contributed by atoms with Crippen LogP contribution in [0.3, 0.4) is 0 Å². The minimum atomic E-state index is -0.541. The molecule has 1 N–H and O–H groups in total. The third-order valence-electron chi connectivity index (χ3n) is 4.00. The van der Waals surface area contributed by atoms with E-state index in [4.69, 9.17) is 23.2 Å². The number of hydrogen-bond acceptors (Lipinski definition) is 2. The van der Waals surface area contributed by atoms with Crippen molar-refractivity contribution < 1.29 is 4.39 Å². The normalized spacial score (nSPS) is 23.4. The lowest BCUT2D eigenvalue weighted by Crippen LogP contribution is -2.58. The van der Waals surface area contributed by atoms with E-state index in [1.54, 1.807) is 12.1 Å². The highest BCUT2D eigenvalue weighted by atomic mass is 35.5. The molecule has 1 aromatic carbocycles. The Kier molecular flexibility index (Phi) is 5.16. The Labute approximate surface area is 130 Å². The maximum Gasteiger partial charge on any atom is 0.160 e. The van der Waals surface area contributed by atoms with Crippen molar-refractivity contribution in [3.8, 4) is 0 Å². The average molecular weight is 319 g/mol. The molecule has 0 aliphatic carbocycles. The molecular formula is C15H21Cl2FN2. The molecule has 1 aromatic rings. The van der Waals surface area contributed by atoms with Crippen LogP contribution in [0.25, 0.3) is 0 Å². The number of nitrogens with zero attached hydrogens (tertiary/aromatic N) is 1. The fourth-order valence-electron chi connectivity index (χ4n) is 2.71. The first-order chi connectivity index (χ1) is 9.43. The quantitative estimate of drug-likeness (QED) is 0.834. The molecule has 0 radical (unpaired) electrons.